The van der Waals surface area contributed by atoms with Crippen molar-refractivity contribution in [3.8, 4) is 0 Å². The molecule has 1 atom stereocenters. The van der Waals surface area contributed by atoms with Crippen molar-refractivity contribution in [2.75, 3.05) is 5.75 Å². The number of sulfonamides is 1. The molecule has 2 N–H and O–H groups in total. The van der Waals surface area contributed by atoms with Crippen molar-refractivity contribution in [2.45, 2.75) is 26.8 Å². The van der Waals surface area contributed by atoms with Gasteiger partial charge in [0.2, 0.25) is 10.0 Å². The maximum Gasteiger partial charge on any atom is 0.321 e. The zero-order valence-electron chi connectivity index (χ0n) is 7.94. The van der Waals surface area contributed by atoms with E-state index in [0.29, 0.717) is 0 Å². The first kappa shape index (κ1) is 12.4. The fourth-order valence-electron chi connectivity index (χ4n) is 0.748. The standard InChI is InChI=1S/C7H15NO4S/c1-4-13(11,12)8-6(5(2)3)7(9)10/h5-6,8H,4H2,1-3H3,(H,9,10)/t6-/m1/s1. The molecule has 5 nitrogen and oxygen atoms in total. The molecule has 0 aromatic heterocycles. The smallest absolute Gasteiger partial charge is 0.321 e. The molecule has 0 amide bonds. The van der Waals surface area contributed by atoms with E-state index in [1.807, 2.05) is 0 Å². The predicted octanol–water partition coefficient (Wildman–Crippen LogP) is 0.0349. The quantitative estimate of drug-likeness (QED) is 0.669. The summed E-state index contributed by atoms with van der Waals surface area (Å²) in [6.07, 6.45) is 0. The van der Waals surface area contributed by atoms with Gasteiger partial charge in [0.15, 0.2) is 0 Å². The number of carbonyl (C=O) groups is 1. The monoisotopic (exact) mass is 209 g/mol. The SMILES string of the molecule is CCS(=O)(=O)N[C@@H](C(=O)O)C(C)C. The van der Waals surface area contributed by atoms with Gasteiger partial charge in [-0.15, -0.1) is 0 Å². The highest BCUT2D eigenvalue weighted by Crippen LogP contribution is 2.03. The predicted molar refractivity (Wildman–Crippen MR) is 48.9 cm³/mol. The lowest BCUT2D eigenvalue weighted by atomic mass is 10.1. The van der Waals surface area contributed by atoms with Crippen molar-refractivity contribution in [2.24, 2.45) is 5.92 Å². The van der Waals surface area contributed by atoms with E-state index in [2.05, 4.69) is 4.72 Å². The largest absolute Gasteiger partial charge is 0.480 e. The molecule has 0 spiro atoms. The Morgan fingerprint density at radius 3 is 2.15 bits per heavy atom. The molecule has 0 unspecified atom stereocenters. The van der Waals surface area contributed by atoms with Crippen molar-refractivity contribution in [3.63, 3.8) is 0 Å². The van der Waals surface area contributed by atoms with E-state index in [1.165, 1.54) is 6.92 Å². The average Bonchev–Trinajstić information content (AvgIpc) is 1.99. The third kappa shape index (κ3) is 4.23. The number of carboxylic acids is 1. The lowest BCUT2D eigenvalue weighted by Gasteiger charge is -2.16. The molecule has 0 heterocycles. The minimum Gasteiger partial charge on any atom is -0.480 e. The summed E-state index contributed by atoms with van der Waals surface area (Å²) < 4.78 is 24.2. The first-order chi connectivity index (χ1) is 5.80. The Morgan fingerprint density at radius 2 is 1.92 bits per heavy atom. The van der Waals surface area contributed by atoms with Gasteiger partial charge in [0.05, 0.1) is 5.75 Å². The maximum atomic E-state index is 11.0. The molecule has 0 aliphatic carbocycles. The van der Waals surface area contributed by atoms with Gasteiger partial charge in [-0.3, -0.25) is 4.79 Å². The number of aliphatic carboxylic acids is 1. The summed E-state index contributed by atoms with van der Waals surface area (Å²) in [7, 11) is -3.44. The summed E-state index contributed by atoms with van der Waals surface area (Å²) in [5.41, 5.74) is 0. The fraction of sp³-hybridized carbons (Fsp3) is 0.857. The van der Waals surface area contributed by atoms with E-state index in [9.17, 15) is 13.2 Å². The Balaban J connectivity index is 4.54. The number of hydrogen-bond acceptors (Lipinski definition) is 3. The van der Waals surface area contributed by atoms with Crippen molar-refractivity contribution in [3.05, 3.63) is 0 Å². The summed E-state index contributed by atoms with van der Waals surface area (Å²) in [5, 5.41) is 8.68. The Morgan fingerprint density at radius 1 is 1.46 bits per heavy atom. The molecule has 0 radical (unpaired) electrons. The van der Waals surface area contributed by atoms with Crippen LogP contribution in [0.2, 0.25) is 0 Å². The van der Waals surface area contributed by atoms with E-state index in [0.717, 1.165) is 0 Å². The van der Waals surface area contributed by atoms with Crippen LogP contribution in [0, 0.1) is 5.92 Å². The van der Waals surface area contributed by atoms with Crippen LogP contribution >= 0.6 is 0 Å². The van der Waals surface area contributed by atoms with Crippen LogP contribution in [0.25, 0.3) is 0 Å². The lowest BCUT2D eigenvalue weighted by Crippen LogP contribution is -2.44. The second kappa shape index (κ2) is 4.57. The Labute approximate surface area is 78.2 Å². The molecule has 0 saturated carbocycles. The van der Waals surface area contributed by atoms with Crippen LogP contribution in [0.4, 0.5) is 0 Å². The molecule has 0 aromatic carbocycles. The highest BCUT2D eigenvalue weighted by molar-refractivity contribution is 7.89. The Kier molecular flexibility index (Phi) is 4.35. The molecular weight excluding hydrogens is 194 g/mol. The summed E-state index contributed by atoms with van der Waals surface area (Å²) in [4.78, 5) is 10.6. The number of nitrogens with one attached hydrogen (secondary N) is 1. The summed E-state index contributed by atoms with van der Waals surface area (Å²) in [6.45, 7) is 4.76. The Bertz CT molecular complexity index is 270. The van der Waals surface area contributed by atoms with Gasteiger partial charge in [-0.2, -0.15) is 0 Å². The first-order valence-corrected chi connectivity index (χ1v) is 5.68. The average molecular weight is 209 g/mol. The highest BCUT2D eigenvalue weighted by atomic mass is 32.2. The molecule has 0 aliphatic rings. The van der Waals surface area contributed by atoms with Crippen LogP contribution in [0.3, 0.4) is 0 Å². The van der Waals surface area contributed by atoms with Gasteiger partial charge in [0.25, 0.3) is 0 Å². The maximum absolute atomic E-state index is 11.0. The minimum absolute atomic E-state index is 0.108. The van der Waals surface area contributed by atoms with Crippen LogP contribution in [0.5, 0.6) is 0 Å². The first-order valence-electron chi connectivity index (χ1n) is 4.03. The van der Waals surface area contributed by atoms with Crippen molar-refractivity contribution >= 4 is 16.0 Å². The van der Waals surface area contributed by atoms with Crippen LogP contribution in [-0.2, 0) is 14.8 Å². The van der Waals surface area contributed by atoms with Crippen LogP contribution in [0.1, 0.15) is 20.8 Å². The molecular formula is C7H15NO4S. The molecule has 78 valence electrons. The Hall–Kier alpha value is -0.620. The lowest BCUT2D eigenvalue weighted by molar-refractivity contribution is -0.140. The molecule has 6 heteroatoms. The van der Waals surface area contributed by atoms with E-state index in [1.54, 1.807) is 13.8 Å². The third-order valence-corrected chi connectivity index (χ3v) is 2.99. The van der Waals surface area contributed by atoms with Crippen molar-refractivity contribution in [1.29, 1.82) is 0 Å². The van der Waals surface area contributed by atoms with Gasteiger partial charge < -0.3 is 5.11 Å². The zero-order valence-corrected chi connectivity index (χ0v) is 8.76. The van der Waals surface area contributed by atoms with Gasteiger partial charge in [0, 0.05) is 0 Å². The van der Waals surface area contributed by atoms with E-state index < -0.39 is 22.0 Å². The van der Waals surface area contributed by atoms with E-state index >= 15 is 0 Å². The van der Waals surface area contributed by atoms with Gasteiger partial charge >= 0.3 is 5.97 Å². The summed E-state index contributed by atoms with van der Waals surface area (Å²) >= 11 is 0. The van der Waals surface area contributed by atoms with Crippen molar-refractivity contribution < 1.29 is 18.3 Å². The zero-order chi connectivity index (χ0) is 10.6. The molecule has 0 aliphatic heterocycles. The topological polar surface area (TPSA) is 83.5 Å². The van der Waals surface area contributed by atoms with Crippen LogP contribution in [0.15, 0.2) is 0 Å². The van der Waals surface area contributed by atoms with Gasteiger partial charge in [-0.25, -0.2) is 13.1 Å². The van der Waals surface area contributed by atoms with Gasteiger partial charge in [-0.1, -0.05) is 13.8 Å². The van der Waals surface area contributed by atoms with Gasteiger partial charge in [-0.05, 0) is 12.8 Å². The van der Waals surface area contributed by atoms with Crippen LogP contribution in [-0.4, -0.2) is 31.3 Å². The molecule has 0 fully saturated rings. The minimum atomic E-state index is -3.44. The second-order valence-electron chi connectivity index (χ2n) is 3.08. The van der Waals surface area contributed by atoms with E-state index in [4.69, 9.17) is 5.11 Å². The molecule has 0 saturated heterocycles. The number of carboxylic acid groups (broad SMARTS) is 1. The number of hydrogen-bond donors (Lipinski definition) is 2. The van der Waals surface area contributed by atoms with E-state index in [-0.39, 0.29) is 11.7 Å². The molecule has 13 heavy (non-hydrogen) atoms. The summed E-state index contributed by atoms with van der Waals surface area (Å²) in [6, 6.07) is -1.04. The van der Waals surface area contributed by atoms with Crippen molar-refractivity contribution in [1.82, 2.24) is 4.72 Å². The molecule has 0 aromatic rings. The van der Waals surface area contributed by atoms with Crippen LogP contribution < -0.4 is 4.72 Å². The second-order valence-corrected chi connectivity index (χ2v) is 5.12. The van der Waals surface area contributed by atoms with Gasteiger partial charge in [0.1, 0.15) is 6.04 Å². The molecule has 0 bridgehead atoms. The normalized spacial score (nSPS) is 14.5. The highest BCUT2D eigenvalue weighted by Gasteiger charge is 2.25. The fourth-order valence-corrected chi connectivity index (χ4v) is 1.67. The molecule has 0 rings (SSSR count). The summed E-state index contributed by atoms with van der Waals surface area (Å²) in [5.74, 6) is -1.52. The third-order valence-electron chi connectivity index (χ3n) is 1.62. The number of rotatable bonds is 5.